The summed E-state index contributed by atoms with van der Waals surface area (Å²) >= 11 is 0. The molecule has 4 nitrogen and oxygen atoms in total. The van der Waals surface area contributed by atoms with Crippen LogP contribution in [-0.4, -0.2) is 24.4 Å². The van der Waals surface area contributed by atoms with Gasteiger partial charge in [-0.25, -0.2) is 4.79 Å². The van der Waals surface area contributed by atoms with E-state index in [0.29, 0.717) is 6.61 Å². The van der Waals surface area contributed by atoms with Crippen molar-refractivity contribution in [3.63, 3.8) is 0 Å². The predicted octanol–water partition coefficient (Wildman–Crippen LogP) is 4.57. The molecule has 0 aromatic rings. The second-order valence-electron chi connectivity index (χ2n) is 4.73. The molecule has 0 aliphatic heterocycles. The summed E-state index contributed by atoms with van der Waals surface area (Å²) in [4.78, 5) is 9.65. The van der Waals surface area contributed by atoms with Gasteiger partial charge in [-0.2, -0.15) is 0 Å². The van der Waals surface area contributed by atoms with Crippen molar-refractivity contribution in [1.29, 1.82) is 0 Å². The van der Waals surface area contributed by atoms with Gasteiger partial charge in [0.15, 0.2) is 0 Å². The highest BCUT2D eigenvalue weighted by atomic mass is 16.7. The molecule has 0 fully saturated rings. The van der Waals surface area contributed by atoms with Crippen LogP contribution in [0.1, 0.15) is 78.1 Å². The van der Waals surface area contributed by atoms with Gasteiger partial charge in [0.2, 0.25) is 0 Å². The number of rotatable bonds is 11. The smallest absolute Gasteiger partial charge is 0.450 e. The van der Waals surface area contributed by atoms with E-state index in [1.54, 1.807) is 0 Å². The zero-order chi connectivity index (χ0) is 14.8. The number of carbonyl (C=O) groups is 1. The van der Waals surface area contributed by atoms with Crippen molar-refractivity contribution in [3.8, 4) is 0 Å². The fraction of sp³-hybridized carbons (Fsp3) is 0.933. The molecule has 0 heterocycles. The average molecular weight is 275 g/mol. The zero-order valence-electron chi connectivity index (χ0n) is 12.8. The topological polar surface area (TPSA) is 72.5 Å². The molecule has 4 heteroatoms. The molecule has 0 unspecified atom stereocenters. The first kappa shape index (κ1) is 20.5. The van der Waals surface area contributed by atoms with Crippen LogP contribution in [0, 0.1) is 0 Å². The maximum absolute atomic E-state index is 9.65. The first-order chi connectivity index (χ1) is 9.18. The van der Waals surface area contributed by atoms with Gasteiger partial charge in [0, 0.05) is 0 Å². The summed E-state index contributed by atoms with van der Waals surface area (Å²) in [6.07, 6.45) is 11.6. The van der Waals surface area contributed by atoms with Crippen LogP contribution >= 0.6 is 0 Å². The molecule has 0 amide bonds. The number of unbranched alkanes of at least 4 members (excludes halogenated alkanes) is 8. The molecule has 116 valence electrons. The fourth-order valence-corrected chi connectivity index (χ4v) is 1.58. The van der Waals surface area contributed by atoms with Crippen LogP contribution in [0.25, 0.3) is 0 Å². The van der Waals surface area contributed by atoms with Crippen LogP contribution in [0.5, 0.6) is 0 Å². The molecular weight excluding hydrogens is 242 g/mol. The summed E-state index contributed by atoms with van der Waals surface area (Å²) in [5.41, 5.74) is 5.39. The maximum atomic E-state index is 9.65. The molecular formula is C15H33NO3. The third-order valence-electron chi connectivity index (χ3n) is 2.78. The molecule has 0 aliphatic rings. The van der Waals surface area contributed by atoms with Gasteiger partial charge in [-0.05, 0) is 19.4 Å². The minimum atomic E-state index is -1.18. The molecule has 0 radical (unpaired) electrons. The van der Waals surface area contributed by atoms with E-state index in [1.165, 1.54) is 51.4 Å². The second kappa shape index (κ2) is 19.6. The third-order valence-corrected chi connectivity index (χ3v) is 2.78. The van der Waals surface area contributed by atoms with E-state index in [0.717, 1.165) is 19.4 Å². The normalized spacial score (nSPS) is 9.63. The lowest BCUT2D eigenvalue weighted by atomic mass is 10.1. The molecule has 0 aliphatic carbocycles. The largest absolute Gasteiger partial charge is 0.505 e. The first-order valence-corrected chi connectivity index (χ1v) is 7.74. The summed E-state index contributed by atoms with van der Waals surface area (Å²) in [6, 6.07) is 0. The molecule has 19 heavy (non-hydrogen) atoms. The summed E-state index contributed by atoms with van der Waals surface area (Å²) < 4.78 is 4.20. The molecule has 0 atom stereocenters. The van der Waals surface area contributed by atoms with Gasteiger partial charge >= 0.3 is 6.16 Å². The Bertz CT molecular complexity index is 167. The van der Waals surface area contributed by atoms with Gasteiger partial charge in [0.05, 0.1) is 6.61 Å². The second-order valence-corrected chi connectivity index (χ2v) is 4.73. The van der Waals surface area contributed by atoms with Crippen LogP contribution < -0.4 is 5.73 Å². The van der Waals surface area contributed by atoms with E-state index in [9.17, 15) is 4.79 Å². The molecule has 0 aromatic heterocycles. The van der Waals surface area contributed by atoms with Gasteiger partial charge < -0.3 is 15.6 Å². The Hall–Kier alpha value is -0.770. The highest BCUT2D eigenvalue weighted by Crippen LogP contribution is 2.07. The van der Waals surface area contributed by atoms with Gasteiger partial charge in [-0.1, -0.05) is 65.2 Å². The first-order valence-electron chi connectivity index (χ1n) is 7.74. The Labute approximate surface area is 118 Å². The lowest BCUT2D eigenvalue weighted by Crippen LogP contribution is -2.00. The lowest BCUT2D eigenvalue weighted by molar-refractivity contribution is 0.0905. The van der Waals surface area contributed by atoms with E-state index >= 15 is 0 Å². The number of hydrogen-bond donors (Lipinski definition) is 2. The van der Waals surface area contributed by atoms with E-state index < -0.39 is 6.16 Å². The molecule has 0 aromatic carbocycles. The van der Waals surface area contributed by atoms with E-state index in [-0.39, 0.29) is 0 Å². The SMILES string of the molecule is CCCCCCCCCCN.CCCCOC(=O)O. The summed E-state index contributed by atoms with van der Waals surface area (Å²) in [5.74, 6) is 0. The minimum absolute atomic E-state index is 0.325. The molecule has 0 rings (SSSR count). The quantitative estimate of drug-likeness (QED) is 0.428. The summed E-state index contributed by atoms with van der Waals surface area (Å²) in [6.45, 7) is 5.43. The van der Waals surface area contributed by atoms with Crippen molar-refractivity contribution in [1.82, 2.24) is 0 Å². The van der Waals surface area contributed by atoms with Crippen LogP contribution in [0.2, 0.25) is 0 Å². The van der Waals surface area contributed by atoms with Crippen molar-refractivity contribution >= 4 is 6.16 Å². The van der Waals surface area contributed by atoms with E-state index in [1.807, 2.05) is 6.92 Å². The van der Waals surface area contributed by atoms with Gasteiger partial charge in [0.25, 0.3) is 0 Å². The lowest BCUT2D eigenvalue weighted by Gasteiger charge is -1.99. The monoisotopic (exact) mass is 275 g/mol. The summed E-state index contributed by atoms with van der Waals surface area (Å²) in [5, 5.41) is 7.92. The van der Waals surface area contributed by atoms with Crippen LogP contribution in [0.4, 0.5) is 4.79 Å². The average Bonchev–Trinajstić information content (AvgIpc) is 2.39. The number of carboxylic acid groups (broad SMARTS) is 1. The molecule has 0 bridgehead atoms. The molecule has 3 N–H and O–H groups in total. The fourth-order valence-electron chi connectivity index (χ4n) is 1.58. The highest BCUT2D eigenvalue weighted by molar-refractivity contribution is 5.56. The van der Waals surface area contributed by atoms with E-state index in [2.05, 4.69) is 11.7 Å². The van der Waals surface area contributed by atoms with Crippen LogP contribution in [0.15, 0.2) is 0 Å². The van der Waals surface area contributed by atoms with Crippen molar-refractivity contribution in [2.24, 2.45) is 5.73 Å². The Morgan fingerprint density at radius 1 is 0.895 bits per heavy atom. The zero-order valence-corrected chi connectivity index (χ0v) is 12.8. The van der Waals surface area contributed by atoms with Crippen molar-refractivity contribution in [3.05, 3.63) is 0 Å². The number of nitrogens with two attached hydrogens (primary N) is 1. The number of hydrogen-bond acceptors (Lipinski definition) is 3. The minimum Gasteiger partial charge on any atom is -0.450 e. The standard InChI is InChI=1S/C10H23N.C5H10O3/c1-2-3-4-5-6-7-8-9-10-11;1-2-3-4-8-5(6)7/h2-11H2,1H3;2-4H2,1H3,(H,6,7). The van der Waals surface area contributed by atoms with Crippen LogP contribution in [0.3, 0.4) is 0 Å². The maximum Gasteiger partial charge on any atom is 0.505 e. The molecule has 0 spiro atoms. The Morgan fingerprint density at radius 3 is 1.79 bits per heavy atom. The predicted molar refractivity (Wildman–Crippen MR) is 80.5 cm³/mol. The van der Waals surface area contributed by atoms with E-state index in [4.69, 9.17) is 10.8 Å². The molecule has 0 saturated carbocycles. The Kier molecular flexibility index (Phi) is 21.2. The summed E-state index contributed by atoms with van der Waals surface area (Å²) in [7, 11) is 0. The van der Waals surface area contributed by atoms with Gasteiger partial charge in [-0.3, -0.25) is 0 Å². The Morgan fingerprint density at radius 2 is 1.37 bits per heavy atom. The Balaban J connectivity index is 0. The van der Waals surface area contributed by atoms with Crippen LogP contribution in [-0.2, 0) is 4.74 Å². The highest BCUT2D eigenvalue weighted by Gasteiger charge is 1.91. The molecule has 0 saturated heterocycles. The van der Waals surface area contributed by atoms with Crippen molar-refractivity contribution in [2.75, 3.05) is 13.2 Å². The van der Waals surface area contributed by atoms with Gasteiger partial charge in [-0.15, -0.1) is 0 Å². The number of ether oxygens (including phenoxy) is 1. The van der Waals surface area contributed by atoms with Gasteiger partial charge in [0.1, 0.15) is 0 Å². The van der Waals surface area contributed by atoms with Crippen molar-refractivity contribution < 1.29 is 14.6 Å². The van der Waals surface area contributed by atoms with Crippen molar-refractivity contribution in [2.45, 2.75) is 78.1 Å². The third kappa shape index (κ3) is 26.7.